The molecule has 9 nitrogen and oxygen atoms in total. The highest BCUT2D eigenvalue weighted by Gasteiger charge is 2.55. The van der Waals surface area contributed by atoms with Crippen LogP contribution in [0.3, 0.4) is 0 Å². The van der Waals surface area contributed by atoms with Crippen LogP contribution in [0.1, 0.15) is 32.6 Å². The van der Waals surface area contributed by atoms with Crippen LogP contribution in [0.15, 0.2) is 18.2 Å². The van der Waals surface area contributed by atoms with Crippen LogP contribution < -0.4 is 15.5 Å². The fraction of sp³-hybridized carbons (Fsp3) is 0.545. The lowest BCUT2D eigenvalue weighted by Crippen LogP contribution is -2.54. The zero-order valence-electron chi connectivity index (χ0n) is 18.1. The monoisotopic (exact) mass is 457 g/mol. The molecule has 3 fully saturated rings. The summed E-state index contributed by atoms with van der Waals surface area (Å²) in [4.78, 5) is 46.2. The summed E-state index contributed by atoms with van der Waals surface area (Å²) < 4.78 is 6.37. The summed E-state index contributed by atoms with van der Waals surface area (Å²) in [7, 11) is 0. The third kappa shape index (κ3) is 3.71. The number of morpholine rings is 1. The van der Waals surface area contributed by atoms with Crippen molar-refractivity contribution in [2.45, 2.75) is 38.1 Å². The number of nitrogens with one attached hydrogen (secondary N) is 2. The molecule has 3 heterocycles. The van der Waals surface area contributed by atoms with Crippen molar-refractivity contribution in [2.75, 3.05) is 43.1 Å². The molecule has 5 rings (SSSR count). The van der Waals surface area contributed by atoms with Crippen LogP contribution >= 0.6 is 11.3 Å². The number of amides is 4. The average molecular weight is 458 g/mol. The molecule has 2 atom stereocenters. The second-order valence-electron chi connectivity index (χ2n) is 8.77. The van der Waals surface area contributed by atoms with Gasteiger partial charge >= 0.3 is 6.03 Å². The van der Waals surface area contributed by atoms with Gasteiger partial charge in [-0.1, -0.05) is 31.1 Å². The first-order valence-corrected chi connectivity index (χ1v) is 12.0. The average Bonchev–Trinajstić information content (AvgIpc) is 3.31. The number of thiazole rings is 1. The standard InChI is InChI=1S/C22H27N5O4S/c1-14-4-2-3-7-22(14)19(29)27(20(30)25-22)13-18(28)23-15-5-6-16-17(12-15)32-21(24-16)26-8-10-31-11-9-26/h5-6,12,14H,2-4,7-11,13H2,1H3,(H,23,28)(H,25,30)/t14-,22-/m1/s1. The van der Waals surface area contributed by atoms with Crippen LogP contribution in [-0.2, 0) is 14.3 Å². The van der Waals surface area contributed by atoms with Crippen molar-refractivity contribution in [2.24, 2.45) is 5.92 Å². The summed E-state index contributed by atoms with van der Waals surface area (Å²) in [6, 6.07) is 5.06. The number of nitrogens with zero attached hydrogens (tertiary/aromatic N) is 3. The molecule has 1 spiro atoms. The first-order valence-electron chi connectivity index (χ1n) is 11.1. The Hall–Kier alpha value is -2.72. The van der Waals surface area contributed by atoms with Crippen LogP contribution in [0.2, 0.25) is 0 Å². The Morgan fingerprint density at radius 2 is 2.12 bits per heavy atom. The van der Waals surface area contributed by atoms with Gasteiger partial charge in [0.15, 0.2) is 5.13 Å². The van der Waals surface area contributed by atoms with E-state index in [4.69, 9.17) is 4.74 Å². The SMILES string of the molecule is C[C@@H]1CCCC[C@@]12NC(=O)N(CC(=O)Nc1ccc3nc(N4CCOCC4)sc3c1)C2=O. The molecule has 0 unspecified atom stereocenters. The van der Waals surface area contributed by atoms with E-state index in [1.165, 1.54) is 0 Å². The molecule has 1 aromatic heterocycles. The molecule has 10 heteroatoms. The number of aromatic nitrogens is 1. The van der Waals surface area contributed by atoms with Gasteiger partial charge in [-0.2, -0.15) is 0 Å². The van der Waals surface area contributed by atoms with E-state index in [1.54, 1.807) is 17.4 Å². The number of hydrogen-bond acceptors (Lipinski definition) is 7. The van der Waals surface area contributed by atoms with Crippen molar-refractivity contribution in [3.05, 3.63) is 18.2 Å². The Labute approximate surface area is 190 Å². The molecule has 1 aromatic carbocycles. The van der Waals surface area contributed by atoms with E-state index in [9.17, 15) is 14.4 Å². The molecule has 2 N–H and O–H groups in total. The third-order valence-electron chi connectivity index (χ3n) is 6.75. The zero-order valence-corrected chi connectivity index (χ0v) is 18.9. The molecule has 0 radical (unpaired) electrons. The molecule has 1 aliphatic carbocycles. The van der Waals surface area contributed by atoms with Crippen LogP contribution in [-0.4, -0.2) is 66.1 Å². The Morgan fingerprint density at radius 1 is 1.31 bits per heavy atom. The van der Waals surface area contributed by atoms with Crippen molar-refractivity contribution in [1.82, 2.24) is 15.2 Å². The van der Waals surface area contributed by atoms with E-state index < -0.39 is 17.5 Å². The fourth-order valence-electron chi connectivity index (χ4n) is 4.86. The lowest BCUT2D eigenvalue weighted by Gasteiger charge is -2.36. The molecule has 2 saturated heterocycles. The largest absolute Gasteiger partial charge is 0.378 e. The van der Waals surface area contributed by atoms with Gasteiger partial charge in [0.2, 0.25) is 5.91 Å². The minimum Gasteiger partial charge on any atom is -0.378 e. The quantitative estimate of drug-likeness (QED) is 0.684. The smallest absolute Gasteiger partial charge is 0.325 e. The van der Waals surface area contributed by atoms with Crippen LogP contribution in [0.5, 0.6) is 0 Å². The highest BCUT2D eigenvalue weighted by atomic mass is 32.1. The van der Waals surface area contributed by atoms with Gasteiger partial charge in [0.1, 0.15) is 12.1 Å². The fourth-order valence-corrected chi connectivity index (χ4v) is 5.92. The highest BCUT2D eigenvalue weighted by Crippen LogP contribution is 2.38. The Kier molecular flexibility index (Phi) is 5.50. The second kappa shape index (κ2) is 8.32. The first kappa shape index (κ1) is 21.1. The molecule has 170 valence electrons. The maximum Gasteiger partial charge on any atom is 0.325 e. The second-order valence-corrected chi connectivity index (χ2v) is 9.78. The minimum absolute atomic E-state index is 0.0650. The Morgan fingerprint density at radius 3 is 2.91 bits per heavy atom. The van der Waals surface area contributed by atoms with Crippen molar-refractivity contribution in [1.29, 1.82) is 0 Å². The van der Waals surface area contributed by atoms with Gasteiger partial charge in [-0.15, -0.1) is 0 Å². The maximum atomic E-state index is 13.1. The lowest BCUT2D eigenvalue weighted by molar-refractivity contribution is -0.136. The van der Waals surface area contributed by atoms with Gasteiger partial charge in [0.05, 0.1) is 23.4 Å². The predicted octanol–water partition coefficient (Wildman–Crippen LogP) is 2.57. The van der Waals surface area contributed by atoms with Crippen molar-refractivity contribution in [3.63, 3.8) is 0 Å². The van der Waals surface area contributed by atoms with Gasteiger partial charge in [-0.3, -0.25) is 14.5 Å². The van der Waals surface area contributed by atoms with Crippen LogP contribution in [0.4, 0.5) is 15.6 Å². The number of urea groups is 1. The van der Waals surface area contributed by atoms with Gasteiger partial charge in [-0.05, 0) is 37.0 Å². The summed E-state index contributed by atoms with van der Waals surface area (Å²) in [6.07, 6.45) is 3.48. The molecule has 2 aliphatic heterocycles. The van der Waals surface area contributed by atoms with Gasteiger partial charge in [0.25, 0.3) is 5.91 Å². The molecule has 4 amide bonds. The normalized spacial score (nSPS) is 26.1. The number of rotatable bonds is 4. The molecule has 2 aromatic rings. The van der Waals surface area contributed by atoms with Crippen molar-refractivity contribution in [3.8, 4) is 0 Å². The number of ether oxygens (including phenoxy) is 1. The topological polar surface area (TPSA) is 104 Å². The van der Waals surface area contributed by atoms with E-state index >= 15 is 0 Å². The number of benzene rings is 1. The van der Waals surface area contributed by atoms with E-state index in [-0.39, 0.29) is 18.4 Å². The van der Waals surface area contributed by atoms with Gasteiger partial charge in [0, 0.05) is 18.8 Å². The number of imide groups is 1. The molecule has 32 heavy (non-hydrogen) atoms. The third-order valence-corrected chi connectivity index (χ3v) is 7.82. The van der Waals surface area contributed by atoms with E-state index in [1.807, 2.05) is 19.1 Å². The van der Waals surface area contributed by atoms with Gasteiger partial charge < -0.3 is 20.3 Å². The molecular formula is C22H27N5O4S. The summed E-state index contributed by atoms with van der Waals surface area (Å²) >= 11 is 1.57. The summed E-state index contributed by atoms with van der Waals surface area (Å²) in [5, 5.41) is 6.65. The number of anilines is 2. The van der Waals surface area contributed by atoms with Crippen LogP contribution in [0.25, 0.3) is 10.2 Å². The summed E-state index contributed by atoms with van der Waals surface area (Å²) in [5.41, 5.74) is 0.636. The van der Waals surface area contributed by atoms with Gasteiger partial charge in [-0.25, -0.2) is 9.78 Å². The first-order chi connectivity index (χ1) is 15.5. The van der Waals surface area contributed by atoms with Crippen LogP contribution in [0, 0.1) is 5.92 Å². The lowest BCUT2D eigenvalue weighted by atomic mass is 9.73. The molecule has 0 bridgehead atoms. The number of carbonyl (C=O) groups excluding carboxylic acids is 3. The van der Waals surface area contributed by atoms with E-state index in [0.717, 1.165) is 52.6 Å². The Bertz CT molecular complexity index is 1070. The summed E-state index contributed by atoms with van der Waals surface area (Å²) in [6.45, 7) is 4.72. The molecule has 3 aliphatic rings. The minimum atomic E-state index is -0.854. The maximum absolute atomic E-state index is 13.1. The number of hydrogen-bond donors (Lipinski definition) is 2. The Balaban J connectivity index is 1.26. The predicted molar refractivity (Wildman–Crippen MR) is 122 cm³/mol. The molecular weight excluding hydrogens is 430 g/mol. The zero-order chi connectivity index (χ0) is 22.3. The highest BCUT2D eigenvalue weighted by molar-refractivity contribution is 7.22. The number of carbonyl (C=O) groups is 3. The van der Waals surface area contributed by atoms with E-state index in [2.05, 4.69) is 20.5 Å². The number of fused-ring (bicyclic) bond motifs is 1. The van der Waals surface area contributed by atoms with E-state index in [0.29, 0.717) is 25.3 Å². The molecule has 1 saturated carbocycles. The summed E-state index contributed by atoms with van der Waals surface area (Å²) in [5.74, 6) is -0.612. The van der Waals surface area contributed by atoms with Crippen molar-refractivity contribution >= 4 is 50.2 Å². The van der Waals surface area contributed by atoms with Crippen molar-refractivity contribution < 1.29 is 19.1 Å².